The third-order valence-electron chi connectivity index (χ3n) is 2.93. The summed E-state index contributed by atoms with van der Waals surface area (Å²) in [6.07, 6.45) is 0. The number of non-ortho nitro benzene ring substituents is 1. The standard InChI is InChI=1S/C14H21N3O3/c1-9(2)15-14(18)11(4)16-10(3)12-5-7-13(8-6-12)17(19)20/h5-11,16H,1-4H3,(H,15,18). The molecule has 0 aliphatic carbocycles. The van der Waals surface area contributed by atoms with Crippen LogP contribution in [-0.4, -0.2) is 22.9 Å². The second kappa shape index (κ2) is 7.00. The van der Waals surface area contributed by atoms with E-state index < -0.39 is 4.92 Å². The Bertz CT molecular complexity index is 471. The summed E-state index contributed by atoms with van der Waals surface area (Å²) in [7, 11) is 0. The van der Waals surface area contributed by atoms with E-state index in [1.54, 1.807) is 19.1 Å². The van der Waals surface area contributed by atoms with Gasteiger partial charge in [-0.15, -0.1) is 0 Å². The van der Waals surface area contributed by atoms with Crippen LogP contribution < -0.4 is 10.6 Å². The molecule has 0 heterocycles. The Balaban J connectivity index is 2.64. The van der Waals surface area contributed by atoms with Gasteiger partial charge in [-0.05, 0) is 33.3 Å². The predicted octanol–water partition coefficient (Wildman–Crippen LogP) is 2.16. The van der Waals surface area contributed by atoms with Crippen LogP contribution in [0.2, 0.25) is 0 Å². The van der Waals surface area contributed by atoms with Gasteiger partial charge in [0.2, 0.25) is 5.91 Å². The monoisotopic (exact) mass is 279 g/mol. The third-order valence-corrected chi connectivity index (χ3v) is 2.93. The highest BCUT2D eigenvalue weighted by Crippen LogP contribution is 2.17. The van der Waals surface area contributed by atoms with E-state index in [1.807, 2.05) is 20.8 Å². The molecule has 6 nitrogen and oxygen atoms in total. The fraction of sp³-hybridized carbons (Fsp3) is 0.500. The van der Waals surface area contributed by atoms with Crippen molar-refractivity contribution < 1.29 is 9.72 Å². The van der Waals surface area contributed by atoms with Gasteiger partial charge in [-0.25, -0.2) is 0 Å². The average Bonchev–Trinajstić information content (AvgIpc) is 2.37. The molecule has 2 N–H and O–H groups in total. The predicted molar refractivity (Wildman–Crippen MR) is 77.4 cm³/mol. The van der Waals surface area contributed by atoms with Gasteiger partial charge < -0.3 is 5.32 Å². The van der Waals surface area contributed by atoms with E-state index in [1.165, 1.54) is 12.1 Å². The third kappa shape index (κ3) is 4.62. The van der Waals surface area contributed by atoms with Crippen LogP contribution >= 0.6 is 0 Å². The van der Waals surface area contributed by atoms with E-state index in [0.717, 1.165) is 5.56 Å². The van der Waals surface area contributed by atoms with Gasteiger partial charge >= 0.3 is 0 Å². The zero-order valence-electron chi connectivity index (χ0n) is 12.2. The Morgan fingerprint density at radius 2 is 1.70 bits per heavy atom. The highest BCUT2D eigenvalue weighted by molar-refractivity contribution is 5.81. The van der Waals surface area contributed by atoms with Gasteiger partial charge in [0.05, 0.1) is 11.0 Å². The van der Waals surface area contributed by atoms with Crippen molar-refractivity contribution in [3.63, 3.8) is 0 Å². The number of rotatable bonds is 6. The topological polar surface area (TPSA) is 84.3 Å². The number of benzene rings is 1. The smallest absolute Gasteiger partial charge is 0.269 e. The van der Waals surface area contributed by atoms with Crippen molar-refractivity contribution in [3.05, 3.63) is 39.9 Å². The summed E-state index contributed by atoms with van der Waals surface area (Å²) in [6.45, 7) is 7.52. The molecule has 1 aromatic rings. The lowest BCUT2D eigenvalue weighted by atomic mass is 10.1. The molecule has 0 saturated heterocycles. The summed E-state index contributed by atoms with van der Waals surface area (Å²) in [6, 6.07) is 6.03. The zero-order chi connectivity index (χ0) is 15.3. The van der Waals surface area contributed by atoms with Crippen molar-refractivity contribution in [2.24, 2.45) is 0 Å². The Morgan fingerprint density at radius 3 is 2.15 bits per heavy atom. The molecule has 6 heteroatoms. The largest absolute Gasteiger partial charge is 0.353 e. The van der Waals surface area contributed by atoms with Crippen LogP contribution in [0.1, 0.15) is 39.3 Å². The molecule has 0 spiro atoms. The molecule has 0 aromatic heterocycles. The number of hydrogen-bond donors (Lipinski definition) is 2. The summed E-state index contributed by atoms with van der Waals surface area (Å²) in [5, 5.41) is 16.6. The van der Waals surface area contributed by atoms with Crippen LogP contribution in [0, 0.1) is 10.1 Å². The van der Waals surface area contributed by atoms with Gasteiger partial charge in [0.15, 0.2) is 0 Å². The van der Waals surface area contributed by atoms with Crippen molar-refractivity contribution in [2.45, 2.75) is 45.8 Å². The highest BCUT2D eigenvalue weighted by Gasteiger charge is 2.17. The van der Waals surface area contributed by atoms with Crippen molar-refractivity contribution in [1.82, 2.24) is 10.6 Å². The second-order valence-corrected chi connectivity index (χ2v) is 5.12. The van der Waals surface area contributed by atoms with Crippen LogP contribution in [0.4, 0.5) is 5.69 Å². The molecule has 1 aromatic carbocycles. The number of carbonyl (C=O) groups is 1. The Labute approximate surface area is 118 Å². The molecule has 1 amide bonds. The van der Waals surface area contributed by atoms with E-state index in [9.17, 15) is 14.9 Å². The molecule has 0 aliphatic rings. The lowest BCUT2D eigenvalue weighted by Crippen LogP contribution is -2.45. The number of nitrogens with one attached hydrogen (secondary N) is 2. The maximum Gasteiger partial charge on any atom is 0.269 e. The van der Waals surface area contributed by atoms with E-state index in [4.69, 9.17) is 0 Å². The normalized spacial score (nSPS) is 13.8. The summed E-state index contributed by atoms with van der Waals surface area (Å²) < 4.78 is 0. The fourth-order valence-corrected chi connectivity index (χ4v) is 1.84. The first-order chi connectivity index (χ1) is 9.31. The molecule has 110 valence electrons. The number of amides is 1. The number of hydrogen-bond acceptors (Lipinski definition) is 4. The minimum absolute atomic E-state index is 0.0613. The number of nitro groups is 1. The van der Waals surface area contributed by atoms with Crippen LogP contribution in [0.15, 0.2) is 24.3 Å². The van der Waals surface area contributed by atoms with Crippen LogP contribution in [0.25, 0.3) is 0 Å². The molecule has 20 heavy (non-hydrogen) atoms. The Morgan fingerprint density at radius 1 is 1.15 bits per heavy atom. The number of nitrogens with zero attached hydrogens (tertiary/aromatic N) is 1. The summed E-state index contributed by atoms with van der Waals surface area (Å²) in [4.78, 5) is 22.0. The number of carbonyl (C=O) groups excluding carboxylic acids is 1. The zero-order valence-corrected chi connectivity index (χ0v) is 12.2. The van der Waals surface area contributed by atoms with Crippen molar-refractivity contribution in [1.29, 1.82) is 0 Å². The second-order valence-electron chi connectivity index (χ2n) is 5.12. The first kappa shape index (κ1) is 16.1. The van der Waals surface area contributed by atoms with Gasteiger partial charge in [-0.3, -0.25) is 20.2 Å². The first-order valence-electron chi connectivity index (χ1n) is 6.62. The maximum absolute atomic E-state index is 11.8. The SMILES string of the molecule is CC(C)NC(=O)C(C)NC(C)c1ccc([N+](=O)[O-])cc1. The fourth-order valence-electron chi connectivity index (χ4n) is 1.84. The van der Waals surface area contributed by atoms with Gasteiger partial charge in [0.1, 0.15) is 0 Å². The van der Waals surface area contributed by atoms with Crippen molar-refractivity contribution in [3.8, 4) is 0 Å². The molecular formula is C14H21N3O3. The molecule has 0 fully saturated rings. The molecule has 1 rings (SSSR count). The first-order valence-corrected chi connectivity index (χ1v) is 6.62. The molecule has 2 atom stereocenters. The Kier molecular flexibility index (Phi) is 5.64. The summed E-state index contributed by atoms with van der Waals surface area (Å²) in [5.74, 6) is -0.0613. The number of nitro benzene ring substituents is 1. The quantitative estimate of drug-likeness (QED) is 0.617. The molecule has 0 saturated carbocycles. The summed E-state index contributed by atoms with van der Waals surface area (Å²) >= 11 is 0. The van der Waals surface area contributed by atoms with E-state index in [0.29, 0.717) is 0 Å². The van der Waals surface area contributed by atoms with E-state index >= 15 is 0 Å². The molecular weight excluding hydrogens is 258 g/mol. The molecule has 0 radical (unpaired) electrons. The Hall–Kier alpha value is -1.95. The van der Waals surface area contributed by atoms with Gasteiger partial charge in [0.25, 0.3) is 5.69 Å². The van der Waals surface area contributed by atoms with Crippen LogP contribution in [0.5, 0.6) is 0 Å². The molecule has 0 aliphatic heterocycles. The van der Waals surface area contributed by atoms with E-state index in [2.05, 4.69) is 10.6 Å². The van der Waals surface area contributed by atoms with Gasteiger partial charge in [-0.2, -0.15) is 0 Å². The van der Waals surface area contributed by atoms with Crippen molar-refractivity contribution >= 4 is 11.6 Å². The minimum Gasteiger partial charge on any atom is -0.353 e. The van der Waals surface area contributed by atoms with Crippen LogP contribution in [0.3, 0.4) is 0 Å². The summed E-state index contributed by atoms with van der Waals surface area (Å²) in [5.41, 5.74) is 0.964. The average molecular weight is 279 g/mol. The lowest BCUT2D eigenvalue weighted by molar-refractivity contribution is -0.384. The van der Waals surface area contributed by atoms with Crippen molar-refractivity contribution in [2.75, 3.05) is 0 Å². The van der Waals surface area contributed by atoms with E-state index in [-0.39, 0.29) is 29.7 Å². The molecule has 2 unspecified atom stereocenters. The lowest BCUT2D eigenvalue weighted by Gasteiger charge is -2.21. The highest BCUT2D eigenvalue weighted by atomic mass is 16.6. The molecule has 0 bridgehead atoms. The maximum atomic E-state index is 11.8. The van der Waals surface area contributed by atoms with Gasteiger partial charge in [0, 0.05) is 24.2 Å². The minimum atomic E-state index is -0.430. The van der Waals surface area contributed by atoms with Gasteiger partial charge in [-0.1, -0.05) is 12.1 Å². The van der Waals surface area contributed by atoms with Crippen LogP contribution in [-0.2, 0) is 4.79 Å².